The molecule has 1 amide bonds. The van der Waals surface area contributed by atoms with Crippen molar-refractivity contribution in [3.8, 4) is 5.88 Å². The van der Waals surface area contributed by atoms with Crippen molar-refractivity contribution in [1.29, 1.82) is 0 Å². The highest BCUT2D eigenvalue weighted by Gasteiger charge is 2.47. The highest BCUT2D eigenvalue weighted by Crippen LogP contribution is 2.37. The third kappa shape index (κ3) is 2.31. The van der Waals surface area contributed by atoms with E-state index in [0.29, 0.717) is 5.88 Å². The van der Waals surface area contributed by atoms with Crippen LogP contribution in [0.5, 0.6) is 5.88 Å². The third-order valence-electron chi connectivity index (χ3n) is 3.73. The molecule has 1 aromatic heterocycles. The Hall–Kier alpha value is -2.47. The number of rotatable bonds is 3. The molecule has 1 unspecified atom stereocenters. The average molecular weight is 298 g/mol. The Kier molecular flexibility index (Phi) is 3.54. The van der Waals surface area contributed by atoms with Gasteiger partial charge in [-0.1, -0.05) is 18.2 Å². The average Bonchev–Trinajstić information content (AvgIpc) is 2.78. The number of hydrogen-bond donors (Lipinski definition) is 1. The number of hydrogen-bond acceptors (Lipinski definition) is 5. The van der Waals surface area contributed by atoms with Gasteiger partial charge in [0.2, 0.25) is 11.8 Å². The highest BCUT2D eigenvalue weighted by atomic mass is 16.5. The van der Waals surface area contributed by atoms with E-state index in [1.807, 2.05) is 44.2 Å². The van der Waals surface area contributed by atoms with E-state index in [2.05, 4.69) is 15.3 Å². The second kappa shape index (κ2) is 5.38. The number of nitrogens with one attached hydrogen (secondary N) is 1. The van der Waals surface area contributed by atoms with Gasteiger partial charge in [-0.2, -0.15) is 0 Å². The van der Waals surface area contributed by atoms with Crippen LogP contribution in [0.25, 0.3) is 0 Å². The van der Waals surface area contributed by atoms with Crippen LogP contribution in [0.3, 0.4) is 0 Å². The fourth-order valence-electron chi connectivity index (χ4n) is 2.65. The second-order valence-electron chi connectivity index (χ2n) is 5.67. The Bertz CT molecular complexity index is 688. The van der Waals surface area contributed by atoms with E-state index in [0.717, 1.165) is 11.3 Å². The van der Waals surface area contributed by atoms with Crippen LogP contribution in [-0.2, 0) is 4.79 Å². The first-order valence-electron chi connectivity index (χ1n) is 7.05. The number of para-hydroxylation sites is 1. The summed E-state index contributed by atoms with van der Waals surface area (Å²) in [5.41, 5.74) is 0.871. The molecule has 2 aromatic rings. The monoisotopic (exact) mass is 298 g/mol. The number of aromatic nitrogens is 2. The van der Waals surface area contributed by atoms with E-state index in [1.54, 1.807) is 18.2 Å². The fourth-order valence-corrected chi connectivity index (χ4v) is 2.65. The highest BCUT2D eigenvalue weighted by molar-refractivity contribution is 6.02. The van der Waals surface area contributed by atoms with Crippen molar-refractivity contribution in [2.24, 2.45) is 0 Å². The molecule has 22 heavy (non-hydrogen) atoms. The Morgan fingerprint density at radius 3 is 2.68 bits per heavy atom. The molecule has 1 N–H and O–H groups in total. The summed E-state index contributed by atoms with van der Waals surface area (Å²) in [6, 6.07) is 9.55. The molecule has 0 aliphatic carbocycles. The minimum Gasteiger partial charge on any atom is -0.481 e. The zero-order chi connectivity index (χ0) is 15.7. The van der Waals surface area contributed by atoms with E-state index < -0.39 is 5.54 Å². The van der Waals surface area contributed by atoms with Crippen molar-refractivity contribution in [1.82, 2.24) is 15.3 Å². The van der Waals surface area contributed by atoms with Crippen LogP contribution in [0, 0.1) is 0 Å². The lowest BCUT2D eigenvalue weighted by atomic mass is 10.1. The molecular weight excluding hydrogens is 280 g/mol. The molecule has 1 aromatic carbocycles. The summed E-state index contributed by atoms with van der Waals surface area (Å²) in [6.45, 7) is 3.73. The van der Waals surface area contributed by atoms with Gasteiger partial charge in [-0.15, -0.1) is 0 Å². The van der Waals surface area contributed by atoms with Crippen molar-refractivity contribution >= 4 is 11.6 Å². The predicted octanol–water partition coefficient (Wildman–Crippen LogP) is 1.90. The van der Waals surface area contributed by atoms with Crippen LogP contribution in [0.4, 0.5) is 5.69 Å². The summed E-state index contributed by atoms with van der Waals surface area (Å²) in [4.78, 5) is 22.7. The minimum absolute atomic E-state index is 0.00499. The van der Waals surface area contributed by atoms with Crippen molar-refractivity contribution in [2.75, 3.05) is 12.0 Å². The molecule has 3 rings (SSSR count). The Labute approximate surface area is 129 Å². The normalized spacial score (nSPS) is 20.2. The first-order chi connectivity index (χ1) is 10.5. The van der Waals surface area contributed by atoms with Gasteiger partial charge in [0.05, 0.1) is 18.2 Å². The van der Waals surface area contributed by atoms with E-state index in [-0.39, 0.29) is 12.1 Å². The van der Waals surface area contributed by atoms with Crippen LogP contribution in [0.2, 0.25) is 0 Å². The summed E-state index contributed by atoms with van der Waals surface area (Å²) >= 11 is 0. The van der Waals surface area contributed by atoms with Crippen LogP contribution in [-0.4, -0.2) is 28.5 Å². The Balaban J connectivity index is 2.10. The lowest BCUT2D eigenvalue weighted by Crippen LogP contribution is -2.40. The van der Waals surface area contributed by atoms with E-state index in [9.17, 15) is 4.79 Å². The van der Waals surface area contributed by atoms with Crippen LogP contribution in [0.1, 0.15) is 25.6 Å². The molecule has 1 fully saturated rings. The lowest BCUT2D eigenvalue weighted by Gasteiger charge is -2.25. The number of anilines is 1. The third-order valence-corrected chi connectivity index (χ3v) is 3.73. The van der Waals surface area contributed by atoms with Crippen molar-refractivity contribution in [2.45, 2.75) is 25.6 Å². The number of methoxy groups -OCH3 is 1. The zero-order valence-electron chi connectivity index (χ0n) is 12.8. The van der Waals surface area contributed by atoms with Crippen LogP contribution < -0.4 is 15.0 Å². The lowest BCUT2D eigenvalue weighted by molar-refractivity contribution is -0.121. The molecule has 0 bridgehead atoms. The fraction of sp³-hybridized carbons (Fsp3) is 0.312. The molecule has 0 spiro atoms. The molecule has 0 saturated carbocycles. The molecule has 1 aliphatic heterocycles. The summed E-state index contributed by atoms with van der Waals surface area (Å²) in [5.74, 6) is 0.452. The van der Waals surface area contributed by atoms with Gasteiger partial charge in [-0.25, -0.2) is 9.97 Å². The standard InChI is InChI=1S/C16H18N4O2/c1-16(2)15(21)20(11-7-5-4-6-8-11)13(19-16)12-9-17-10-18-14(12)22-3/h4-10,13,19H,1-3H3. The second-order valence-corrected chi connectivity index (χ2v) is 5.67. The molecule has 114 valence electrons. The minimum atomic E-state index is -0.679. The molecule has 1 atom stereocenters. The van der Waals surface area contributed by atoms with Crippen LogP contribution >= 0.6 is 0 Å². The molecule has 1 saturated heterocycles. The van der Waals surface area contributed by atoms with Gasteiger partial charge in [0.25, 0.3) is 0 Å². The molecule has 1 aliphatic rings. The maximum Gasteiger partial charge on any atom is 0.248 e. The van der Waals surface area contributed by atoms with Crippen molar-refractivity contribution < 1.29 is 9.53 Å². The largest absolute Gasteiger partial charge is 0.481 e. The van der Waals surface area contributed by atoms with Gasteiger partial charge < -0.3 is 4.74 Å². The smallest absolute Gasteiger partial charge is 0.248 e. The quantitative estimate of drug-likeness (QED) is 0.937. The van der Waals surface area contributed by atoms with Gasteiger partial charge in [0.15, 0.2) is 0 Å². The topological polar surface area (TPSA) is 67.4 Å². The maximum atomic E-state index is 12.8. The number of ether oxygens (including phenoxy) is 1. The molecule has 2 heterocycles. The first-order valence-corrected chi connectivity index (χ1v) is 7.05. The van der Waals surface area contributed by atoms with Gasteiger partial charge in [0.1, 0.15) is 12.5 Å². The summed E-state index contributed by atoms with van der Waals surface area (Å²) in [6.07, 6.45) is 2.73. The summed E-state index contributed by atoms with van der Waals surface area (Å²) < 4.78 is 5.32. The molecule has 6 nitrogen and oxygen atoms in total. The van der Waals surface area contributed by atoms with E-state index in [1.165, 1.54) is 6.33 Å². The van der Waals surface area contributed by atoms with Gasteiger partial charge in [0, 0.05) is 11.9 Å². The van der Waals surface area contributed by atoms with E-state index >= 15 is 0 Å². The maximum absolute atomic E-state index is 12.8. The van der Waals surface area contributed by atoms with Crippen molar-refractivity contribution in [3.05, 3.63) is 48.4 Å². The van der Waals surface area contributed by atoms with Gasteiger partial charge >= 0.3 is 0 Å². The van der Waals surface area contributed by atoms with Crippen LogP contribution in [0.15, 0.2) is 42.9 Å². The number of nitrogens with zero attached hydrogens (tertiary/aromatic N) is 3. The SMILES string of the molecule is COc1ncncc1C1NC(C)(C)C(=O)N1c1ccccc1. The first kappa shape index (κ1) is 14.5. The van der Waals surface area contributed by atoms with Crippen molar-refractivity contribution in [3.63, 3.8) is 0 Å². The number of carbonyl (C=O) groups excluding carboxylic acids is 1. The zero-order valence-corrected chi connectivity index (χ0v) is 12.8. The Morgan fingerprint density at radius 1 is 1.27 bits per heavy atom. The molecule has 6 heteroatoms. The number of amides is 1. The van der Waals surface area contributed by atoms with Gasteiger partial charge in [-0.3, -0.25) is 15.0 Å². The molecular formula is C16H18N4O2. The molecule has 0 radical (unpaired) electrons. The predicted molar refractivity (Wildman–Crippen MR) is 82.5 cm³/mol. The van der Waals surface area contributed by atoms with E-state index in [4.69, 9.17) is 4.74 Å². The number of benzene rings is 1. The van der Waals surface area contributed by atoms with Gasteiger partial charge in [-0.05, 0) is 26.0 Å². The Morgan fingerprint density at radius 2 is 2.00 bits per heavy atom. The number of carbonyl (C=O) groups is 1. The summed E-state index contributed by atoms with van der Waals surface area (Å²) in [5, 5.41) is 3.34. The summed E-state index contributed by atoms with van der Waals surface area (Å²) in [7, 11) is 1.56.